The SMILES string of the molecule is CC(C)N1CCC(Cn2cnc(-c3cccnc3)cc2=O)CC1. The molecule has 23 heavy (non-hydrogen) atoms. The van der Waals surface area contributed by atoms with Crippen LogP contribution in [-0.4, -0.2) is 38.6 Å². The fourth-order valence-corrected chi connectivity index (χ4v) is 3.17. The Kier molecular flexibility index (Phi) is 4.86. The number of rotatable bonds is 4. The second-order valence-corrected chi connectivity index (χ2v) is 6.58. The summed E-state index contributed by atoms with van der Waals surface area (Å²) in [4.78, 5) is 23.4. The van der Waals surface area contributed by atoms with Gasteiger partial charge in [0.25, 0.3) is 5.56 Å². The van der Waals surface area contributed by atoms with Gasteiger partial charge in [-0.05, 0) is 57.8 Å². The maximum absolute atomic E-state index is 12.4. The van der Waals surface area contributed by atoms with Crippen LogP contribution in [0.2, 0.25) is 0 Å². The molecule has 1 aliphatic rings. The van der Waals surface area contributed by atoms with Crippen LogP contribution in [0.1, 0.15) is 26.7 Å². The molecule has 0 radical (unpaired) electrons. The van der Waals surface area contributed by atoms with E-state index in [1.807, 2.05) is 12.1 Å². The second kappa shape index (κ2) is 7.04. The molecule has 3 rings (SSSR count). The predicted octanol–water partition coefficient (Wildman–Crippen LogP) is 2.43. The highest BCUT2D eigenvalue weighted by atomic mass is 16.1. The van der Waals surface area contributed by atoms with E-state index in [4.69, 9.17) is 0 Å². The maximum atomic E-state index is 12.4. The Hall–Kier alpha value is -2.01. The smallest absolute Gasteiger partial charge is 0.253 e. The minimum absolute atomic E-state index is 0.0187. The maximum Gasteiger partial charge on any atom is 0.253 e. The molecule has 122 valence electrons. The highest BCUT2D eigenvalue weighted by Crippen LogP contribution is 2.20. The van der Waals surface area contributed by atoms with Crippen LogP contribution >= 0.6 is 0 Å². The van der Waals surface area contributed by atoms with Crippen molar-refractivity contribution in [2.45, 2.75) is 39.3 Å². The Labute approximate surface area is 137 Å². The zero-order valence-electron chi connectivity index (χ0n) is 13.9. The predicted molar refractivity (Wildman–Crippen MR) is 91.2 cm³/mol. The molecule has 5 nitrogen and oxygen atoms in total. The van der Waals surface area contributed by atoms with Crippen LogP contribution < -0.4 is 5.56 Å². The number of aromatic nitrogens is 3. The normalized spacial score (nSPS) is 16.8. The number of hydrogen-bond donors (Lipinski definition) is 0. The Morgan fingerprint density at radius 1 is 1.30 bits per heavy atom. The lowest BCUT2D eigenvalue weighted by Gasteiger charge is -2.34. The summed E-state index contributed by atoms with van der Waals surface area (Å²) >= 11 is 0. The van der Waals surface area contributed by atoms with Crippen molar-refractivity contribution >= 4 is 0 Å². The van der Waals surface area contributed by atoms with Gasteiger partial charge < -0.3 is 4.90 Å². The largest absolute Gasteiger partial charge is 0.301 e. The molecule has 0 N–H and O–H groups in total. The summed E-state index contributed by atoms with van der Waals surface area (Å²) in [6, 6.07) is 5.99. The summed E-state index contributed by atoms with van der Waals surface area (Å²) in [5, 5.41) is 0. The van der Waals surface area contributed by atoms with Gasteiger partial charge in [-0.25, -0.2) is 4.98 Å². The van der Waals surface area contributed by atoms with Crippen molar-refractivity contribution < 1.29 is 0 Å². The molecule has 0 amide bonds. The summed E-state index contributed by atoms with van der Waals surface area (Å²) in [5.41, 5.74) is 1.58. The molecule has 2 aromatic rings. The molecule has 1 aliphatic heterocycles. The Bertz CT molecular complexity index is 688. The first-order chi connectivity index (χ1) is 11.1. The number of pyridine rings is 1. The van der Waals surface area contributed by atoms with Crippen molar-refractivity contribution in [2.75, 3.05) is 13.1 Å². The molecule has 0 unspecified atom stereocenters. The van der Waals surface area contributed by atoms with Crippen LogP contribution in [0.25, 0.3) is 11.3 Å². The van der Waals surface area contributed by atoms with Crippen LogP contribution in [-0.2, 0) is 6.54 Å². The molecule has 3 heterocycles. The zero-order valence-corrected chi connectivity index (χ0v) is 13.9. The van der Waals surface area contributed by atoms with Gasteiger partial charge in [0.1, 0.15) is 0 Å². The first-order valence-corrected chi connectivity index (χ1v) is 8.34. The van der Waals surface area contributed by atoms with Crippen LogP contribution in [0.15, 0.2) is 41.7 Å². The van der Waals surface area contributed by atoms with Crippen molar-refractivity contribution in [1.82, 2.24) is 19.4 Å². The van der Waals surface area contributed by atoms with Gasteiger partial charge in [-0.2, -0.15) is 0 Å². The molecule has 0 bridgehead atoms. The monoisotopic (exact) mass is 312 g/mol. The van der Waals surface area contributed by atoms with Gasteiger partial charge in [-0.3, -0.25) is 14.3 Å². The Morgan fingerprint density at radius 2 is 2.09 bits per heavy atom. The second-order valence-electron chi connectivity index (χ2n) is 6.58. The summed E-state index contributed by atoms with van der Waals surface area (Å²) in [6.45, 7) is 7.50. The van der Waals surface area contributed by atoms with Crippen LogP contribution in [0.3, 0.4) is 0 Å². The number of nitrogens with zero attached hydrogens (tertiary/aromatic N) is 4. The zero-order chi connectivity index (χ0) is 16.2. The molecule has 1 fully saturated rings. The molecule has 0 aromatic carbocycles. The number of piperidine rings is 1. The quantitative estimate of drug-likeness (QED) is 0.870. The van der Waals surface area contributed by atoms with Gasteiger partial charge in [0, 0.05) is 36.6 Å². The minimum atomic E-state index is 0.0187. The molecule has 0 aliphatic carbocycles. The van der Waals surface area contributed by atoms with E-state index in [2.05, 4.69) is 28.7 Å². The third-order valence-corrected chi connectivity index (χ3v) is 4.67. The molecule has 0 saturated carbocycles. The molecule has 0 atom stereocenters. The highest BCUT2D eigenvalue weighted by molar-refractivity contribution is 5.56. The first-order valence-electron chi connectivity index (χ1n) is 8.34. The third-order valence-electron chi connectivity index (χ3n) is 4.67. The van der Waals surface area contributed by atoms with Crippen LogP contribution in [0.5, 0.6) is 0 Å². The number of likely N-dealkylation sites (tertiary alicyclic amines) is 1. The van der Waals surface area contributed by atoms with Crippen molar-refractivity contribution in [3.8, 4) is 11.3 Å². The molecular weight excluding hydrogens is 288 g/mol. The van der Waals surface area contributed by atoms with Crippen LogP contribution in [0.4, 0.5) is 0 Å². The third kappa shape index (κ3) is 3.85. The highest BCUT2D eigenvalue weighted by Gasteiger charge is 2.21. The van der Waals surface area contributed by atoms with E-state index < -0.39 is 0 Å². The van der Waals surface area contributed by atoms with E-state index in [1.165, 1.54) is 0 Å². The first kappa shape index (κ1) is 15.9. The standard InChI is InChI=1S/C18H24N4O/c1-14(2)21-8-5-15(6-9-21)12-22-13-20-17(10-18(22)23)16-4-3-7-19-11-16/h3-4,7,10-11,13-15H,5-6,8-9,12H2,1-2H3. The Balaban J connectivity index is 1.67. The molecular formula is C18H24N4O. The topological polar surface area (TPSA) is 51.0 Å². The summed E-state index contributed by atoms with van der Waals surface area (Å²) in [7, 11) is 0. The minimum Gasteiger partial charge on any atom is -0.301 e. The van der Waals surface area contributed by atoms with Gasteiger partial charge in [0.05, 0.1) is 12.0 Å². The lowest BCUT2D eigenvalue weighted by Crippen LogP contribution is -2.40. The van der Waals surface area contributed by atoms with Crippen LogP contribution in [0, 0.1) is 5.92 Å². The molecule has 1 saturated heterocycles. The van der Waals surface area contributed by atoms with Crippen molar-refractivity contribution in [2.24, 2.45) is 5.92 Å². The average molecular weight is 312 g/mol. The lowest BCUT2D eigenvalue weighted by molar-refractivity contribution is 0.141. The van der Waals surface area contributed by atoms with E-state index in [0.717, 1.165) is 38.0 Å². The molecule has 0 spiro atoms. The summed E-state index contributed by atoms with van der Waals surface area (Å²) in [6.07, 6.45) is 7.42. The molecule has 5 heteroatoms. The lowest BCUT2D eigenvalue weighted by atomic mass is 9.96. The summed E-state index contributed by atoms with van der Waals surface area (Å²) < 4.78 is 1.75. The van der Waals surface area contributed by atoms with Gasteiger partial charge in [0.15, 0.2) is 0 Å². The van der Waals surface area contributed by atoms with E-state index in [1.54, 1.807) is 29.4 Å². The van der Waals surface area contributed by atoms with E-state index >= 15 is 0 Å². The van der Waals surface area contributed by atoms with Crippen molar-refractivity contribution in [3.63, 3.8) is 0 Å². The number of hydrogen-bond acceptors (Lipinski definition) is 4. The fourth-order valence-electron chi connectivity index (χ4n) is 3.17. The van der Waals surface area contributed by atoms with Gasteiger partial charge >= 0.3 is 0 Å². The van der Waals surface area contributed by atoms with Crippen molar-refractivity contribution in [1.29, 1.82) is 0 Å². The van der Waals surface area contributed by atoms with Gasteiger partial charge in [0.2, 0.25) is 0 Å². The Morgan fingerprint density at radius 3 is 2.70 bits per heavy atom. The fraction of sp³-hybridized carbons (Fsp3) is 0.500. The van der Waals surface area contributed by atoms with Crippen molar-refractivity contribution in [3.05, 3.63) is 47.3 Å². The van der Waals surface area contributed by atoms with Gasteiger partial charge in [-0.15, -0.1) is 0 Å². The summed E-state index contributed by atoms with van der Waals surface area (Å²) in [5.74, 6) is 0.564. The van der Waals surface area contributed by atoms with Gasteiger partial charge in [-0.1, -0.05) is 0 Å². The van der Waals surface area contributed by atoms with E-state index in [-0.39, 0.29) is 5.56 Å². The van der Waals surface area contributed by atoms with E-state index in [9.17, 15) is 4.79 Å². The average Bonchev–Trinajstić information content (AvgIpc) is 2.58. The van der Waals surface area contributed by atoms with E-state index in [0.29, 0.717) is 17.7 Å². The molecule has 2 aromatic heterocycles.